The Morgan fingerprint density at radius 3 is 2.36 bits per heavy atom. The Labute approximate surface area is 95.6 Å². The number of halogens is 1. The van der Waals surface area contributed by atoms with E-state index in [2.05, 4.69) is 12.2 Å². The summed E-state index contributed by atoms with van der Waals surface area (Å²) in [7, 11) is 0. The monoisotopic (exact) mass is 266 g/mol. The Hall–Kier alpha value is -0.130. The summed E-state index contributed by atoms with van der Waals surface area (Å²) in [5.74, 6) is -0.677. The molecule has 0 amide bonds. The highest BCUT2D eigenvalue weighted by Crippen LogP contribution is 2.15. The number of rotatable bonds is 3. The minimum absolute atomic E-state index is 0. The van der Waals surface area contributed by atoms with E-state index in [1.807, 2.05) is 6.92 Å². The van der Waals surface area contributed by atoms with Gasteiger partial charge in [-0.3, -0.25) is 0 Å². The second-order valence-corrected chi connectivity index (χ2v) is 3.75. The fourth-order valence-electron chi connectivity index (χ4n) is 2.05. The smallest absolute Gasteiger partial charge is 0.362 e. The first-order valence-corrected chi connectivity index (χ1v) is 4.91. The summed E-state index contributed by atoms with van der Waals surface area (Å²) in [5.41, 5.74) is 0. The van der Waals surface area contributed by atoms with Crippen molar-refractivity contribution in [3.8, 4) is 0 Å². The van der Waals surface area contributed by atoms with Crippen LogP contribution in [0, 0.1) is 0 Å². The van der Waals surface area contributed by atoms with E-state index in [4.69, 9.17) is 5.11 Å². The van der Waals surface area contributed by atoms with E-state index < -0.39 is 5.97 Å². The molecule has 0 bridgehead atoms. The molecule has 0 spiro atoms. The van der Waals surface area contributed by atoms with Crippen molar-refractivity contribution < 1.29 is 31.4 Å². The molecule has 0 aliphatic carbocycles. The number of hydrogen-bond acceptors (Lipinski definition) is 2. The summed E-state index contributed by atoms with van der Waals surface area (Å²) in [5, 5.41) is 12.3. The number of nitrogens with zero attached hydrogens (tertiary/aromatic N) is 1. The predicted molar refractivity (Wildman–Crippen MR) is 50.5 cm³/mol. The molecule has 4 nitrogen and oxygen atoms in total. The maximum absolute atomic E-state index is 10.9. The summed E-state index contributed by atoms with van der Waals surface area (Å²) in [6.45, 7) is 8.54. The lowest BCUT2D eigenvalue weighted by Gasteiger charge is -2.43. The molecule has 0 aromatic rings. The number of quaternary nitrogens is 1. The van der Waals surface area contributed by atoms with Gasteiger partial charge in [-0.2, -0.15) is 0 Å². The highest BCUT2D eigenvalue weighted by atomic mass is 79.9. The van der Waals surface area contributed by atoms with Crippen molar-refractivity contribution in [3.05, 3.63) is 0 Å². The Kier molecular flexibility index (Phi) is 5.63. The van der Waals surface area contributed by atoms with Crippen LogP contribution in [-0.2, 0) is 4.79 Å². The molecule has 2 N–H and O–H groups in total. The normalized spacial score (nSPS) is 22.1. The van der Waals surface area contributed by atoms with Gasteiger partial charge in [0.15, 0.2) is 6.04 Å². The average molecular weight is 267 g/mol. The first-order valence-electron chi connectivity index (χ1n) is 4.91. The summed E-state index contributed by atoms with van der Waals surface area (Å²) < 4.78 is 0.725. The van der Waals surface area contributed by atoms with Crippen LogP contribution in [-0.4, -0.2) is 54.3 Å². The number of nitrogens with one attached hydrogen (secondary N) is 1. The molecular formula is C9H19BrN2O2. The molecule has 1 fully saturated rings. The van der Waals surface area contributed by atoms with E-state index in [0.717, 1.165) is 37.2 Å². The van der Waals surface area contributed by atoms with Gasteiger partial charge < -0.3 is 31.9 Å². The molecule has 0 aromatic carbocycles. The lowest BCUT2D eigenvalue weighted by molar-refractivity contribution is -0.941. The van der Waals surface area contributed by atoms with Crippen LogP contribution >= 0.6 is 0 Å². The largest absolute Gasteiger partial charge is 1.00 e. The van der Waals surface area contributed by atoms with E-state index in [1.165, 1.54) is 0 Å². The molecule has 1 heterocycles. The maximum Gasteiger partial charge on any atom is 0.362 e. The SMILES string of the molecule is CC[N+]1(C(C)C(=O)O)CCNCC1.[Br-]. The van der Waals surface area contributed by atoms with Crippen LogP contribution in [0.25, 0.3) is 0 Å². The van der Waals surface area contributed by atoms with Crippen LogP contribution in [0.4, 0.5) is 0 Å². The molecule has 0 saturated carbocycles. The molecule has 1 atom stereocenters. The molecule has 1 rings (SSSR count). The van der Waals surface area contributed by atoms with Crippen molar-refractivity contribution in [2.24, 2.45) is 0 Å². The molecule has 1 unspecified atom stereocenters. The van der Waals surface area contributed by atoms with Crippen LogP contribution in [0.3, 0.4) is 0 Å². The molecule has 0 aromatic heterocycles. The van der Waals surface area contributed by atoms with Crippen LogP contribution in [0.1, 0.15) is 13.8 Å². The van der Waals surface area contributed by atoms with Gasteiger partial charge in [0.2, 0.25) is 0 Å². The fraction of sp³-hybridized carbons (Fsp3) is 0.889. The van der Waals surface area contributed by atoms with Crippen molar-refractivity contribution in [3.63, 3.8) is 0 Å². The Bertz CT molecular complexity index is 193. The van der Waals surface area contributed by atoms with Gasteiger partial charge in [0.05, 0.1) is 19.6 Å². The third kappa shape index (κ3) is 2.68. The van der Waals surface area contributed by atoms with Gasteiger partial charge >= 0.3 is 5.97 Å². The summed E-state index contributed by atoms with van der Waals surface area (Å²) in [4.78, 5) is 10.9. The third-order valence-corrected chi connectivity index (χ3v) is 3.28. The van der Waals surface area contributed by atoms with E-state index >= 15 is 0 Å². The Morgan fingerprint density at radius 1 is 1.50 bits per heavy atom. The zero-order chi connectivity index (χ0) is 9.90. The van der Waals surface area contributed by atoms with Crippen molar-refractivity contribution in [2.45, 2.75) is 19.9 Å². The highest BCUT2D eigenvalue weighted by molar-refractivity contribution is 5.71. The van der Waals surface area contributed by atoms with Gasteiger partial charge in [-0.1, -0.05) is 0 Å². The third-order valence-electron chi connectivity index (χ3n) is 3.28. The van der Waals surface area contributed by atoms with Crippen molar-refractivity contribution in [2.75, 3.05) is 32.7 Å². The number of carboxylic acid groups (broad SMARTS) is 1. The maximum atomic E-state index is 10.9. The molecule has 1 aliphatic rings. The number of hydrogen-bond donors (Lipinski definition) is 2. The van der Waals surface area contributed by atoms with Crippen LogP contribution in [0.5, 0.6) is 0 Å². The van der Waals surface area contributed by atoms with Gasteiger partial charge in [-0.05, 0) is 13.8 Å². The van der Waals surface area contributed by atoms with Gasteiger partial charge in [0.25, 0.3) is 0 Å². The van der Waals surface area contributed by atoms with Crippen LogP contribution in [0.2, 0.25) is 0 Å². The van der Waals surface area contributed by atoms with Crippen molar-refractivity contribution in [1.82, 2.24) is 5.32 Å². The lowest BCUT2D eigenvalue weighted by Crippen LogP contribution is -3.00. The number of likely N-dealkylation sites (N-methyl/N-ethyl adjacent to an activating group) is 1. The van der Waals surface area contributed by atoms with Crippen LogP contribution in [0.15, 0.2) is 0 Å². The second-order valence-electron chi connectivity index (χ2n) is 3.75. The number of aliphatic carboxylic acids is 1. The van der Waals surface area contributed by atoms with Gasteiger partial charge in [-0.15, -0.1) is 0 Å². The number of carbonyl (C=O) groups is 1. The first kappa shape index (κ1) is 13.9. The molecule has 84 valence electrons. The van der Waals surface area contributed by atoms with Crippen molar-refractivity contribution >= 4 is 5.97 Å². The van der Waals surface area contributed by atoms with Gasteiger partial charge in [0, 0.05) is 13.1 Å². The van der Waals surface area contributed by atoms with E-state index in [0.29, 0.717) is 0 Å². The molecule has 5 heteroatoms. The van der Waals surface area contributed by atoms with Gasteiger partial charge in [0.1, 0.15) is 0 Å². The molecule has 1 aliphatic heterocycles. The molecule has 14 heavy (non-hydrogen) atoms. The topological polar surface area (TPSA) is 49.3 Å². The van der Waals surface area contributed by atoms with E-state index in [9.17, 15) is 4.79 Å². The van der Waals surface area contributed by atoms with Crippen LogP contribution < -0.4 is 22.3 Å². The van der Waals surface area contributed by atoms with Gasteiger partial charge in [-0.25, -0.2) is 4.79 Å². The summed E-state index contributed by atoms with van der Waals surface area (Å²) in [6, 6.07) is -0.271. The zero-order valence-electron chi connectivity index (χ0n) is 8.79. The number of piperazine rings is 1. The van der Waals surface area contributed by atoms with E-state index in [-0.39, 0.29) is 23.0 Å². The Balaban J connectivity index is 0.00000169. The van der Waals surface area contributed by atoms with Crippen molar-refractivity contribution in [1.29, 1.82) is 0 Å². The zero-order valence-corrected chi connectivity index (χ0v) is 10.4. The standard InChI is InChI=1S/C9H18N2O2.BrH/c1-3-11(8(2)9(12)13)6-4-10-5-7-11;/h8,10H,3-7H2,1-2H3;1H. The molecular weight excluding hydrogens is 248 g/mol. The highest BCUT2D eigenvalue weighted by Gasteiger charge is 2.38. The average Bonchev–Trinajstić information content (AvgIpc) is 2.17. The molecule has 0 radical (unpaired) electrons. The Morgan fingerprint density at radius 2 is 2.00 bits per heavy atom. The fourth-order valence-corrected chi connectivity index (χ4v) is 2.05. The van der Waals surface area contributed by atoms with E-state index in [1.54, 1.807) is 0 Å². The molecule has 1 saturated heterocycles. The first-order chi connectivity index (χ1) is 6.12. The number of carboxylic acids is 1. The summed E-state index contributed by atoms with van der Waals surface area (Å²) >= 11 is 0. The predicted octanol–water partition coefficient (Wildman–Crippen LogP) is -3.10. The summed E-state index contributed by atoms with van der Waals surface area (Å²) in [6.07, 6.45) is 0. The minimum Gasteiger partial charge on any atom is -1.00 e. The lowest BCUT2D eigenvalue weighted by atomic mass is 10.1. The second kappa shape index (κ2) is 5.68. The quantitative estimate of drug-likeness (QED) is 0.533. The minimum atomic E-state index is -0.677.